The number of hydrogen-bond acceptors (Lipinski definition) is 9. The fourth-order valence-corrected chi connectivity index (χ4v) is 3.01. The molecule has 0 saturated heterocycles. The number of nitrogens with zero attached hydrogens (tertiary/aromatic N) is 3. The summed E-state index contributed by atoms with van der Waals surface area (Å²) in [5.74, 6) is 0. The van der Waals surface area contributed by atoms with Crippen molar-refractivity contribution in [1.29, 1.82) is 0 Å². The average Bonchev–Trinajstić information content (AvgIpc) is 2.44. The van der Waals surface area contributed by atoms with E-state index < -0.39 is 17.6 Å². The van der Waals surface area contributed by atoms with Gasteiger partial charge in [-0.15, -0.1) is 0 Å². The minimum absolute atomic E-state index is 0.0515. The molecule has 1 heterocycles. The normalized spacial score (nSPS) is 13.2. The Kier molecular flexibility index (Phi) is 8.51. The Labute approximate surface area is 142 Å². The molecule has 0 aliphatic carbocycles. The maximum atomic E-state index is 8.87. The lowest BCUT2D eigenvalue weighted by Crippen LogP contribution is -2.34. The van der Waals surface area contributed by atoms with Gasteiger partial charge in [0.1, 0.15) is 0 Å². The first-order chi connectivity index (χ1) is 11.2. The molecule has 0 aliphatic rings. The van der Waals surface area contributed by atoms with Gasteiger partial charge >= 0.3 is 17.6 Å². The highest BCUT2D eigenvalue weighted by molar-refractivity contribution is 6.56. The maximum Gasteiger partial charge on any atom is 0.492 e. The van der Waals surface area contributed by atoms with Crippen molar-refractivity contribution in [1.82, 2.24) is 4.98 Å². The van der Waals surface area contributed by atoms with Gasteiger partial charge in [0.25, 0.3) is 0 Å². The van der Waals surface area contributed by atoms with E-state index in [2.05, 4.69) is 15.0 Å². The van der Waals surface area contributed by atoms with E-state index in [0.717, 1.165) is 0 Å². The second-order valence-electron chi connectivity index (χ2n) is 5.31. The molecule has 0 radical (unpaired) electrons. The molecule has 1 aromatic rings. The van der Waals surface area contributed by atoms with Crippen LogP contribution in [0.1, 0.15) is 24.2 Å². The van der Waals surface area contributed by atoms with Gasteiger partial charge in [0.15, 0.2) is 0 Å². The zero-order chi connectivity index (χ0) is 18.1. The molecule has 0 atom stereocenters. The van der Waals surface area contributed by atoms with Crippen LogP contribution in [-0.2, 0) is 0 Å². The summed E-state index contributed by atoms with van der Waals surface area (Å²) >= 11 is 0. The molecule has 134 valence electrons. The van der Waals surface area contributed by atoms with Crippen molar-refractivity contribution in [3.05, 3.63) is 29.6 Å². The highest BCUT2D eigenvalue weighted by Crippen LogP contribution is 2.02. The predicted octanol–water partition coefficient (Wildman–Crippen LogP) is -1.47. The molecule has 0 spiro atoms. The third-order valence-corrected chi connectivity index (χ3v) is 4.89. The molecule has 1 aromatic heterocycles. The highest BCUT2D eigenvalue weighted by atomic mass is 28.4. The second kappa shape index (κ2) is 9.85. The van der Waals surface area contributed by atoms with Crippen LogP contribution in [-0.4, -0.2) is 76.9 Å². The van der Waals surface area contributed by atoms with Crippen molar-refractivity contribution >= 4 is 30.0 Å². The van der Waals surface area contributed by atoms with Gasteiger partial charge in [0.05, 0.1) is 11.4 Å². The van der Waals surface area contributed by atoms with Crippen LogP contribution in [0, 0.1) is 0 Å². The molecule has 24 heavy (non-hydrogen) atoms. The zero-order valence-electron chi connectivity index (χ0n) is 13.2. The summed E-state index contributed by atoms with van der Waals surface area (Å²) in [6.07, 6.45) is 3.85. The van der Waals surface area contributed by atoms with Gasteiger partial charge in [0.2, 0.25) is 0 Å². The van der Waals surface area contributed by atoms with E-state index in [1.54, 1.807) is 30.6 Å². The third kappa shape index (κ3) is 11.3. The Balaban J connectivity index is 2.40. The molecule has 0 aromatic carbocycles. The van der Waals surface area contributed by atoms with Gasteiger partial charge in [-0.25, -0.2) is 4.98 Å². The molecule has 0 amide bonds. The van der Waals surface area contributed by atoms with Gasteiger partial charge in [-0.3, -0.25) is 9.98 Å². The zero-order valence-corrected chi connectivity index (χ0v) is 15.2. The summed E-state index contributed by atoms with van der Waals surface area (Å²) in [6, 6.07) is 5.20. The summed E-state index contributed by atoms with van der Waals surface area (Å²) in [7, 11) is -7.96. The summed E-state index contributed by atoms with van der Waals surface area (Å²) in [5, 5.41) is 0. The predicted molar refractivity (Wildman–Crippen MR) is 92.8 cm³/mol. The Morgan fingerprint density at radius 1 is 0.792 bits per heavy atom. The minimum atomic E-state index is -3.98. The van der Waals surface area contributed by atoms with Crippen molar-refractivity contribution in [2.75, 3.05) is 13.1 Å². The van der Waals surface area contributed by atoms with Gasteiger partial charge in [-0.1, -0.05) is 6.07 Å². The molecule has 0 saturated carbocycles. The Morgan fingerprint density at radius 3 is 1.58 bits per heavy atom. The van der Waals surface area contributed by atoms with Crippen LogP contribution in [0.2, 0.25) is 12.1 Å². The van der Waals surface area contributed by atoms with Crippen molar-refractivity contribution in [3.8, 4) is 0 Å². The van der Waals surface area contributed by atoms with Crippen LogP contribution < -0.4 is 0 Å². The van der Waals surface area contributed by atoms with Crippen LogP contribution >= 0.6 is 0 Å². The summed E-state index contributed by atoms with van der Waals surface area (Å²) in [5.41, 5.74) is 1.24. The molecule has 1 rings (SSSR count). The van der Waals surface area contributed by atoms with Crippen LogP contribution in [0.15, 0.2) is 28.2 Å². The number of aliphatic imine (C=N–C) groups is 2. The molecule has 0 fully saturated rings. The van der Waals surface area contributed by atoms with E-state index in [1.807, 2.05) is 0 Å². The van der Waals surface area contributed by atoms with Gasteiger partial charge in [-0.05, 0) is 25.0 Å². The fourth-order valence-electron chi connectivity index (χ4n) is 1.74. The van der Waals surface area contributed by atoms with Gasteiger partial charge in [0, 0.05) is 37.6 Å². The highest BCUT2D eigenvalue weighted by Gasteiger charge is 2.25. The first kappa shape index (κ1) is 20.7. The molecule has 11 heteroatoms. The van der Waals surface area contributed by atoms with Gasteiger partial charge in [-0.2, -0.15) is 0 Å². The number of pyridine rings is 1. The second-order valence-corrected chi connectivity index (χ2v) is 9.41. The van der Waals surface area contributed by atoms with Crippen LogP contribution in [0.4, 0.5) is 0 Å². The smallest absolute Gasteiger partial charge is 0.390 e. The van der Waals surface area contributed by atoms with Crippen LogP contribution in [0.5, 0.6) is 0 Å². The lowest BCUT2D eigenvalue weighted by atomic mass is 10.3. The Morgan fingerprint density at radius 2 is 1.21 bits per heavy atom. The Bertz CT molecular complexity index is 512. The molecule has 9 nitrogen and oxygen atoms in total. The average molecular weight is 374 g/mol. The lowest BCUT2D eigenvalue weighted by Gasteiger charge is -2.06. The molecule has 0 aliphatic heterocycles. The number of rotatable bonds is 10. The first-order valence-corrected chi connectivity index (χ1v) is 11.6. The van der Waals surface area contributed by atoms with Crippen molar-refractivity contribution in [2.24, 2.45) is 9.98 Å². The van der Waals surface area contributed by atoms with Crippen molar-refractivity contribution in [3.63, 3.8) is 0 Å². The van der Waals surface area contributed by atoms with E-state index in [9.17, 15) is 0 Å². The SMILES string of the molecule is O[Si](O)(O)CCCN=Cc1cccc(C=NCCC[Si](O)(O)O)n1. The fraction of sp³-hybridized carbons (Fsp3) is 0.462. The van der Waals surface area contributed by atoms with E-state index in [4.69, 9.17) is 28.8 Å². The minimum Gasteiger partial charge on any atom is -0.390 e. The van der Waals surface area contributed by atoms with E-state index in [0.29, 0.717) is 37.3 Å². The van der Waals surface area contributed by atoms with Crippen LogP contribution in [0.25, 0.3) is 0 Å². The standard InChI is InChI=1S/C13H23N3O6Si2/c17-23(18,19)8-2-6-14-10-12-4-1-5-13(16-12)11-15-7-3-9-24(20,21)22/h1,4-5,10-11,17-22H,2-3,6-9H2. The third-order valence-electron chi connectivity index (χ3n) is 2.84. The van der Waals surface area contributed by atoms with Crippen molar-refractivity contribution < 1.29 is 28.8 Å². The quantitative estimate of drug-likeness (QED) is 0.166. The van der Waals surface area contributed by atoms with Crippen molar-refractivity contribution in [2.45, 2.75) is 24.9 Å². The first-order valence-electron chi connectivity index (χ1n) is 7.47. The largest absolute Gasteiger partial charge is 0.492 e. The van der Waals surface area contributed by atoms with E-state index in [-0.39, 0.29) is 12.1 Å². The molecule has 0 unspecified atom stereocenters. The molecular formula is C13H23N3O6Si2. The van der Waals surface area contributed by atoms with E-state index in [1.165, 1.54) is 0 Å². The van der Waals surface area contributed by atoms with Gasteiger partial charge < -0.3 is 28.8 Å². The van der Waals surface area contributed by atoms with Crippen LogP contribution in [0.3, 0.4) is 0 Å². The lowest BCUT2D eigenvalue weighted by molar-refractivity contribution is 0.225. The maximum absolute atomic E-state index is 8.87. The molecular weight excluding hydrogens is 350 g/mol. The summed E-state index contributed by atoms with van der Waals surface area (Å²) < 4.78 is 0. The molecule has 6 N–H and O–H groups in total. The summed E-state index contributed by atoms with van der Waals surface area (Å²) in [4.78, 5) is 65.7. The number of hydrogen-bond donors (Lipinski definition) is 6. The molecule has 0 bridgehead atoms. The topological polar surface area (TPSA) is 159 Å². The summed E-state index contributed by atoms with van der Waals surface area (Å²) in [6.45, 7) is 0.705. The van der Waals surface area contributed by atoms with E-state index >= 15 is 0 Å². The monoisotopic (exact) mass is 373 g/mol. The number of aromatic nitrogens is 1. The Hall–Kier alpha value is -1.32.